The van der Waals surface area contributed by atoms with Gasteiger partial charge in [-0.25, -0.2) is 4.98 Å². The number of carbonyl (C=O) groups is 2. The van der Waals surface area contributed by atoms with Gasteiger partial charge in [-0.2, -0.15) is 0 Å². The molecule has 0 atom stereocenters. The third kappa shape index (κ3) is 5.58. The van der Waals surface area contributed by atoms with Gasteiger partial charge in [0.2, 0.25) is 0 Å². The molecule has 0 fully saturated rings. The van der Waals surface area contributed by atoms with Crippen molar-refractivity contribution >= 4 is 40.6 Å². The molecule has 0 bridgehead atoms. The summed E-state index contributed by atoms with van der Waals surface area (Å²) in [5.41, 5.74) is 7.87. The van der Waals surface area contributed by atoms with Crippen molar-refractivity contribution in [1.82, 2.24) is 15.8 Å². The Bertz CT molecular complexity index is 1020. The number of hydrogen-bond acceptors (Lipinski definition) is 6. The van der Waals surface area contributed by atoms with Crippen molar-refractivity contribution in [1.29, 1.82) is 0 Å². The molecule has 0 aliphatic carbocycles. The van der Waals surface area contributed by atoms with E-state index in [1.807, 2.05) is 49.5 Å². The lowest BCUT2D eigenvalue weighted by atomic mass is 10.2. The first-order valence-corrected chi connectivity index (χ1v) is 10.8. The Hall–Kier alpha value is -2.84. The van der Waals surface area contributed by atoms with Gasteiger partial charge in [0, 0.05) is 41.4 Å². The van der Waals surface area contributed by atoms with Crippen LogP contribution >= 0.6 is 23.1 Å². The van der Waals surface area contributed by atoms with E-state index in [1.165, 1.54) is 0 Å². The van der Waals surface area contributed by atoms with Gasteiger partial charge in [0.05, 0.1) is 16.3 Å². The van der Waals surface area contributed by atoms with E-state index in [0.717, 1.165) is 21.3 Å². The van der Waals surface area contributed by atoms with E-state index in [-0.39, 0.29) is 11.8 Å². The summed E-state index contributed by atoms with van der Waals surface area (Å²) >= 11 is 3.15. The first kappa shape index (κ1) is 20.9. The lowest BCUT2D eigenvalue weighted by Gasteiger charge is -2.14. The van der Waals surface area contributed by atoms with Crippen LogP contribution in [0.25, 0.3) is 0 Å². The number of hydrazine groups is 1. The maximum atomic E-state index is 12.6. The first-order chi connectivity index (χ1) is 13.9. The van der Waals surface area contributed by atoms with Gasteiger partial charge in [0.1, 0.15) is 0 Å². The van der Waals surface area contributed by atoms with Crippen LogP contribution in [-0.2, 0) is 5.75 Å². The minimum atomic E-state index is -0.370. The molecular formula is C21H22N4O2S2. The van der Waals surface area contributed by atoms with E-state index >= 15 is 0 Å². The van der Waals surface area contributed by atoms with Gasteiger partial charge in [-0.05, 0) is 37.3 Å². The van der Waals surface area contributed by atoms with Crippen LogP contribution in [0.1, 0.15) is 31.4 Å². The zero-order valence-corrected chi connectivity index (χ0v) is 18.1. The van der Waals surface area contributed by atoms with E-state index in [0.29, 0.717) is 16.9 Å². The van der Waals surface area contributed by atoms with Crippen molar-refractivity contribution in [2.75, 3.05) is 19.0 Å². The number of benzene rings is 2. The van der Waals surface area contributed by atoms with Crippen LogP contribution in [0.4, 0.5) is 5.69 Å². The number of nitrogens with one attached hydrogen (secondary N) is 2. The molecule has 3 rings (SSSR count). The Kier molecular flexibility index (Phi) is 6.90. The minimum absolute atomic E-state index is 0.361. The number of aromatic nitrogens is 1. The number of amides is 2. The normalized spacial score (nSPS) is 10.4. The molecule has 0 radical (unpaired) electrons. The van der Waals surface area contributed by atoms with Gasteiger partial charge in [-0.3, -0.25) is 20.4 Å². The van der Waals surface area contributed by atoms with Crippen molar-refractivity contribution in [3.8, 4) is 0 Å². The molecule has 1 aromatic heterocycles. The van der Waals surface area contributed by atoms with Crippen LogP contribution in [0.5, 0.6) is 0 Å². The molecule has 1 heterocycles. The summed E-state index contributed by atoms with van der Waals surface area (Å²) in [7, 11) is 3.81. The molecule has 150 valence electrons. The molecule has 8 heteroatoms. The average Bonchev–Trinajstić information content (AvgIpc) is 3.15. The lowest BCUT2D eigenvalue weighted by Crippen LogP contribution is -2.41. The summed E-state index contributed by atoms with van der Waals surface area (Å²) in [5.74, 6) is -0.0528. The summed E-state index contributed by atoms with van der Waals surface area (Å²) in [5, 5.41) is 3.04. The highest BCUT2D eigenvalue weighted by atomic mass is 32.2. The van der Waals surface area contributed by atoms with E-state index in [9.17, 15) is 9.59 Å². The largest absolute Gasteiger partial charge is 0.378 e. The molecule has 3 aromatic rings. The Labute approximate surface area is 178 Å². The zero-order valence-electron chi connectivity index (χ0n) is 16.4. The number of rotatable bonds is 6. The molecule has 2 aromatic carbocycles. The standard InChI is InChI=1S/C21H22N4O2S2/c1-14-22-16(12-28-14)13-29-19-10-5-4-9-18(19)21(27)24-23-20(26)15-7-6-8-17(11-15)25(2)3/h4-12H,13H2,1-3H3,(H,23,26)(H,24,27). The Morgan fingerprint density at radius 1 is 1.07 bits per heavy atom. The average molecular weight is 427 g/mol. The van der Waals surface area contributed by atoms with Gasteiger partial charge in [-0.1, -0.05) is 18.2 Å². The van der Waals surface area contributed by atoms with Crippen molar-refractivity contribution in [3.63, 3.8) is 0 Å². The van der Waals surface area contributed by atoms with Gasteiger partial charge >= 0.3 is 0 Å². The van der Waals surface area contributed by atoms with Crippen LogP contribution in [0.3, 0.4) is 0 Å². The molecule has 0 spiro atoms. The molecule has 0 aliphatic heterocycles. The lowest BCUT2D eigenvalue weighted by molar-refractivity contribution is 0.0845. The maximum Gasteiger partial charge on any atom is 0.270 e. The molecule has 0 saturated heterocycles. The molecule has 2 N–H and O–H groups in total. The summed E-state index contributed by atoms with van der Waals surface area (Å²) in [6.07, 6.45) is 0. The van der Waals surface area contributed by atoms with Crippen molar-refractivity contribution < 1.29 is 9.59 Å². The van der Waals surface area contributed by atoms with E-state index in [2.05, 4.69) is 15.8 Å². The van der Waals surface area contributed by atoms with Crippen molar-refractivity contribution in [3.05, 3.63) is 75.7 Å². The SMILES string of the molecule is Cc1nc(CSc2ccccc2C(=O)NNC(=O)c2cccc(N(C)C)c2)cs1. The number of anilines is 1. The van der Waals surface area contributed by atoms with E-state index in [1.54, 1.807) is 53.4 Å². The fraction of sp³-hybridized carbons (Fsp3) is 0.190. The molecule has 0 saturated carbocycles. The van der Waals surface area contributed by atoms with Gasteiger partial charge in [0.15, 0.2) is 0 Å². The Morgan fingerprint density at radius 2 is 1.83 bits per heavy atom. The van der Waals surface area contributed by atoms with Crippen molar-refractivity contribution in [2.24, 2.45) is 0 Å². The highest BCUT2D eigenvalue weighted by Gasteiger charge is 2.14. The van der Waals surface area contributed by atoms with Gasteiger partial charge in [-0.15, -0.1) is 23.1 Å². The topological polar surface area (TPSA) is 74.3 Å². The number of carbonyl (C=O) groups excluding carboxylic acids is 2. The smallest absolute Gasteiger partial charge is 0.270 e. The quantitative estimate of drug-likeness (QED) is 0.462. The molecule has 0 unspecified atom stereocenters. The summed E-state index contributed by atoms with van der Waals surface area (Å²) < 4.78 is 0. The monoisotopic (exact) mass is 426 g/mol. The number of aryl methyl sites for hydroxylation is 1. The van der Waals surface area contributed by atoms with Crippen LogP contribution in [0.15, 0.2) is 58.8 Å². The molecule has 6 nitrogen and oxygen atoms in total. The second kappa shape index (κ2) is 9.58. The Balaban J connectivity index is 1.63. The molecule has 0 aliphatic rings. The number of thiazole rings is 1. The predicted octanol–water partition coefficient (Wildman–Crippen LogP) is 3.88. The summed E-state index contributed by atoms with van der Waals surface area (Å²) in [6, 6.07) is 14.5. The van der Waals surface area contributed by atoms with Gasteiger partial charge < -0.3 is 4.90 Å². The fourth-order valence-electron chi connectivity index (χ4n) is 2.58. The number of thioether (sulfide) groups is 1. The third-order valence-electron chi connectivity index (χ3n) is 4.09. The Morgan fingerprint density at radius 3 is 2.55 bits per heavy atom. The third-order valence-corrected chi connectivity index (χ3v) is 6.02. The molecule has 2 amide bonds. The maximum absolute atomic E-state index is 12.6. The number of hydrogen-bond donors (Lipinski definition) is 2. The fourth-order valence-corrected chi connectivity index (χ4v) is 4.25. The number of nitrogens with zero attached hydrogens (tertiary/aromatic N) is 2. The zero-order chi connectivity index (χ0) is 20.8. The van der Waals surface area contributed by atoms with Crippen LogP contribution < -0.4 is 15.8 Å². The van der Waals surface area contributed by atoms with E-state index in [4.69, 9.17) is 0 Å². The van der Waals surface area contributed by atoms with Crippen LogP contribution in [-0.4, -0.2) is 30.9 Å². The highest BCUT2D eigenvalue weighted by Crippen LogP contribution is 2.26. The van der Waals surface area contributed by atoms with Crippen LogP contribution in [0.2, 0.25) is 0 Å². The van der Waals surface area contributed by atoms with Crippen molar-refractivity contribution in [2.45, 2.75) is 17.6 Å². The summed E-state index contributed by atoms with van der Waals surface area (Å²) in [6.45, 7) is 1.97. The second-order valence-corrected chi connectivity index (χ2v) is 8.58. The van der Waals surface area contributed by atoms with E-state index < -0.39 is 0 Å². The summed E-state index contributed by atoms with van der Waals surface area (Å²) in [4.78, 5) is 32.2. The molecule has 29 heavy (non-hydrogen) atoms. The minimum Gasteiger partial charge on any atom is -0.378 e. The van der Waals surface area contributed by atoms with Crippen LogP contribution in [0, 0.1) is 6.92 Å². The molecular weight excluding hydrogens is 404 g/mol. The predicted molar refractivity (Wildman–Crippen MR) is 119 cm³/mol. The first-order valence-electron chi connectivity index (χ1n) is 8.95. The highest BCUT2D eigenvalue weighted by molar-refractivity contribution is 7.98. The van der Waals surface area contributed by atoms with Gasteiger partial charge in [0.25, 0.3) is 11.8 Å². The second-order valence-electron chi connectivity index (χ2n) is 6.50.